The largest absolute Gasteiger partial charge is 0.278 e. The maximum absolute atomic E-state index is 7.74. The molecular weight excluding hydrogens is 139 g/mol. The van der Waals surface area contributed by atoms with E-state index < -0.39 is 0 Å². The minimum absolute atomic E-state index is 0. The van der Waals surface area contributed by atoms with E-state index in [0.29, 0.717) is 0 Å². The van der Waals surface area contributed by atoms with E-state index in [1.54, 1.807) is 6.19 Å². The Balaban J connectivity index is 0. The van der Waals surface area contributed by atoms with Crippen LogP contribution in [-0.2, 0) is 0 Å². The first-order valence-electron chi connectivity index (χ1n) is 1.15. The predicted molar refractivity (Wildman–Crippen MR) is 36.1 cm³/mol. The summed E-state index contributed by atoms with van der Waals surface area (Å²) < 4.78 is 0.206. The van der Waals surface area contributed by atoms with Crippen LogP contribution in [0.4, 0.5) is 0 Å². The Morgan fingerprint density at radius 1 is 1.86 bits per heavy atom. The molecule has 0 unspecified atom stereocenters. The zero-order valence-electron chi connectivity index (χ0n) is 3.80. The molecule has 0 heterocycles. The molecule has 0 aliphatic heterocycles. The van der Waals surface area contributed by atoms with Crippen LogP contribution in [0, 0.1) is 11.5 Å². The summed E-state index contributed by atoms with van der Waals surface area (Å²) in [5.41, 5.74) is 0. The number of nitrogens with one attached hydrogen (secondary N) is 1. The van der Waals surface area contributed by atoms with Gasteiger partial charge in [0.25, 0.3) is 0 Å². The maximum atomic E-state index is 7.74. The van der Waals surface area contributed by atoms with Crippen molar-refractivity contribution in [3.63, 3.8) is 0 Å². The van der Waals surface area contributed by atoms with Crippen LogP contribution < -0.4 is 5.32 Å². The molecular formula is C2H2N2NaS2. The summed E-state index contributed by atoms with van der Waals surface area (Å²) in [5, 5.41) is 9.85. The zero-order valence-corrected chi connectivity index (χ0v) is 7.51. The molecule has 5 heteroatoms. The number of thiol groups is 1. The molecule has 0 aromatic rings. The average molecular weight is 141 g/mol. The quantitative estimate of drug-likeness (QED) is 0.162. The van der Waals surface area contributed by atoms with Gasteiger partial charge in [0.05, 0.1) is 0 Å². The van der Waals surface area contributed by atoms with Crippen molar-refractivity contribution in [2.24, 2.45) is 0 Å². The molecule has 0 amide bonds. The number of rotatable bonds is 0. The Labute approximate surface area is 75.0 Å². The topological polar surface area (TPSA) is 35.8 Å². The fraction of sp³-hybridized carbons (Fsp3) is 0. The first-order valence-corrected chi connectivity index (χ1v) is 2.01. The molecule has 2 nitrogen and oxygen atoms in total. The molecule has 0 bridgehead atoms. The summed E-state index contributed by atoms with van der Waals surface area (Å²) in [6.07, 6.45) is 1.60. The Hall–Kier alpha value is 0.730. The Kier molecular flexibility index (Phi) is 10.3. The third kappa shape index (κ3) is 10.8. The van der Waals surface area contributed by atoms with Crippen LogP contribution in [0.3, 0.4) is 0 Å². The van der Waals surface area contributed by atoms with E-state index in [0.717, 1.165) is 0 Å². The third-order valence-electron chi connectivity index (χ3n) is 0.163. The summed E-state index contributed by atoms with van der Waals surface area (Å²) in [7, 11) is 0. The molecule has 0 aromatic heterocycles. The van der Waals surface area contributed by atoms with Gasteiger partial charge in [0.1, 0.15) is 4.32 Å². The minimum atomic E-state index is 0. The number of hydrogen-bond acceptors (Lipinski definition) is 2. The molecule has 33 valence electrons. The van der Waals surface area contributed by atoms with Crippen molar-refractivity contribution in [3.05, 3.63) is 0 Å². The van der Waals surface area contributed by atoms with Crippen molar-refractivity contribution in [1.29, 1.82) is 5.26 Å². The Bertz CT molecular complexity index is 96.4. The SMILES string of the molecule is N#CNC(=S)S.[Na]. The van der Waals surface area contributed by atoms with Crippen LogP contribution in [0.5, 0.6) is 0 Å². The van der Waals surface area contributed by atoms with Crippen molar-refractivity contribution in [3.8, 4) is 6.19 Å². The van der Waals surface area contributed by atoms with E-state index in [-0.39, 0.29) is 33.9 Å². The number of nitriles is 1. The van der Waals surface area contributed by atoms with Gasteiger partial charge >= 0.3 is 0 Å². The van der Waals surface area contributed by atoms with Crippen LogP contribution in [0.15, 0.2) is 0 Å². The molecule has 1 radical (unpaired) electrons. The molecule has 7 heavy (non-hydrogen) atoms. The normalized spacial score (nSPS) is 5.14. The van der Waals surface area contributed by atoms with Crippen molar-refractivity contribution in [2.45, 2.75) is 0 Å². The molecule has 0 spiro atoms. The van der Waals surface area contributed by atoms with E-state index in [9.17, 15) is 0 Å². The van der Waals surface area contributed by atoms with Gasteiger partial charge in [0.15, 0.2) is 6.19 Å². The zero-order chi connectivity index (χ0) is 4.99. The molecule has 0 atom stereocenters. The van der Waals surface area contributed by atoms with Gasteiger partial charge < -0.3 is 0 Å². The van der Waals surface area contributed by atoms with Crippen LogP contribution in [0.1, 0.15) is 0 Å². The molecule has 0 aliphatic carbocycles. The van der Waals surface area contributed by atoms with Gasteiger partial charge in [-0.15, -0.1) is 12.6 Å². The minimum Gasteiger partial charge on any atom is -0.278 e. The van der Waals surface area contributed by atoms with E-state index >= 15 is 0 Å². The van der Waals surface area contributed by atoms with Gasteiger partial charge in [0, 0.05) is 29.6 Å². The second-order valence-corrected chi connectivity index (χ2v) is 1.70. The number of thiocarbonyl (C=S) groups is 1. The third-order valence-corrected chi connectivity index (χ3v) is 0.377. The molecule has 0 aromatic carbocycles. The van der Waals surface area contributed by atoms with Gasteiger partial charge in [-0.3, -0.25) is 5.32 Å². The standard InChI is InChI=1S/C2H2N2S2.Na/c3-1-4-2(5)6;/h(H2,4,5,6);. The van der Waals surface area contributed by atoms with Gasteiger partial charge in [0.2, 0.25) is 0 Å². The molecule has 1 N–H and O–H groups in total. The summed E-state index contributed by atoms with van der Waals surface area (Å²) in [6.45, 7) is 0. The number of hydrogen-bond donors (Lipinski definition) is 2. The summed E-state index contributed by atoms with van der Waals surface area (Å²) in [5.74, 6) is 0. The maximum Gasteiger partial charge on any atom is 0.182 e. The smallest absolute Gasteiger partial charge is 0.182 e. The van der Waals surface area contributed by atoms with Crippen molar-refractivity contribution in [2.75, 3.05) is 0 Å². The van der Waals surface area contributed by atoms with Gasteiger partial charge in [-0.05, 0) is 0 Å². The summed E-state index contributed by atoms with van der Waals surface area (Å²) in [6, 6.07) is 0. The monoisotopic (exact) mass is 141 g/mol. The first kappa shape index (κ1) is 10.7. The molecule has 0 saturated carbocycles. The van der Waals surface area contributed by atoms with Gasteiger partial charge in [-0.2, -0.15) is 5.26 Å². The average Bonchev–Trinajstić information content (AvgIpc) is 1.35. The van der Waals surface area contributed by atoms with Crippen LogP contribution >= 0.6 is 24.8 Å². The van der Waals surface area contributed by atoms with E-state index in [1.165, 1.54) is 0 Å². The van der Waals surface area contributed by atoms with Crippen molar-refractivity contribution >= 4 is 58.7 Å². The van der Waals surface area contributed by atoms with E-state index in [4.69, 9.17) is 5.26 Å². The molecule has 0 rings (SSSR count). The summed E-state index contributed by atoms with van der Waals surface area (Å²) in [4.78, 5) is 0. The van der Waals surface area contributed by atoms with Gasteiger partial charge in [-0.25, -0.2) is 0 Å². The van der Waals surface area contributed by atoms with Crippen LogP contribution in [-0.4, -0.2) is 33.9 Å². The van der Waals surface area contributed by atoms with Crippen LogP contribution in [0.2, 0.25) is 0 Å². The summed E-state index contributed by atoms with van der Waals surface area (Å²) >= 11 is 7.90. The van der Waals surface area contributed by atoms with Crippen molar-refractivity contribution < 1.29 is 0 Å². The van der Waals surface area contributed by atoms with E-state index in [2.05, 4.69) is 30.2 Å². The second kappa shape index (κ2) is 6.73. The van der Waals surface area contributed by atoms with Gasteiger partial charge in [-0.1, -0.05) is 12.2 Å². The van der Waals surface area contributed by atoms with E-state index in [1.807, 2.05) is 0 Å². The first-order chi connectivity index (χ1) is 2.77. The second-order valence-electron chi connectivity index (χ2n) is 0.542. The molecule has 0 saturated heterocycles. The fourth-order valence-electron chi connectivity index (χ4n) is 0.0478. The molecule has 0 fully saturated rings. The van der Waals surface area contributed by atoms with Crippen molar-refractivity contribution in [1.82, 2.24) is 5.32 Å². The van der Waals surface area contributed by atoms with Crippen LogP contribution in [0.25, 0.3) is 0 Å². The predicted octanol–water partition coefficient (Wildman–Crippen LogP) is -0.109. The fourth-order valence-corrected chi connectivity index (χ4v) is 0.143. The molecule has 0 aliphatic rings. The Morgan fingerprint density at radius 2 is 2.29 bits per heavy atom. The Morgan fingerprint density at radius 3 is 2.29 bits per heavy atom. The number of nitrogens with zero attached hydrogens (tertiary/aromatic N) is 1.